The normalized spacial score (nSPS) is 14.4. The van der Waals surface area contributed by atoms with Gasteiger partial charge in [0.15, 0.2) is 11.5 Å². The van der Waals surface area contributed by atoms with Gasteiger partial charge < -0.3 is 14.8 Å². The highest BCUT2D eigenvalue weighted by atomic mass is 32.2. The molecule has 0 radical (unpaired) electrons. The van der Waals surface area contributed by atoms with E-state index in [0.29, 0.717) is 32.7 Å². The molecule has 1 aliphatic rings. The molecule has 0 fully saturated rings. The van der Waals surface area contributed by atoms with Gasteiger partial charge in [-0.15, -0.1) is 0 Å². The van der Waals surface area contributed by atoms with Crippen molar-refractivity contribution >= 4 is 9.84 Å². The summed E-state index contributed by atoms with van der Waals surface area (Å²) >= 11 is 0. The summed E-state index contributed by atoms with van der Waals surface area (Å²) in [6, 6.07) is 5.81. The van der Waals surface area contributed by atoms with Crippen LogP contribution in [0.3, 0.4) is 0 Å². The number of nitrogens with one attached hydrogen (secondary N) is 1. The van der Waals surface area contributed by atoms with Crippen molar-refractivity contribution in [3.63, 3.8) is 0 Å². The number of fused-ring (bicyclic) bond motifs is 1. The van der Waals surface area contributed by atoms with Crippen molar-refractivity contribution in [1.82, 2.24) is 5.32 Å². The van der Waals surface area contributed by atoms with E-state index in [1.807, 2.05) is 18.2 Å². The molecule has 0 saturated heterocycles. The molecule has 1 aromatic rings. The van der Waals surface area contributed by atoms with E-state index >= 15 is 0 Å². The van der Waals surface area contributed by atoms with Gasteiger partial charge in [0.25, 0.3) is 0 Å². The maximum absolute atomic E-state index is 11.0. The molecule has 0 bridgehead atoms. The molecule has 1 heterocycles. The Morgan fingerprint density at radius 3 is 2.84 bits per heavy atom. The van der Waals surface area contributed by atoms with Crippen LogP contribution in [-0.4, -0.2) is 40.2 Å². The maximum atomic E-state index is 11.0. The van der Waals surface area contributed by atoms with Crippen molar-refractivity contribution in [2.75, 3.05) is 31.8 Å². The van der Waals surface area contributed by atoms with E-state index in [0.717, 1.165) is 17.1 Å². The largest absolute Gasteiger partial charge is 0.486 e. The third-order valence-corrected chi connectivity index (χ3v) is 3.86. The number of hydrogen-bond acceptors (Lipinski definition) is 5. The number of sulfone groups is 1. The van der Waals surface area contributed by atoms with Crippen molar-refractivity contribution in [3.05, 3.63) is 23.8 Å². The molecule has 1 aliphatic heterocycles. The highest BCUT2D eigenvalue weighted by molar-refractivity contribution is 7.90. The molecule has 0 saturated carbocycles. The minimum Gasteiger partial charge on any atom is -0.486 e. The van der Waals surface area contributed by atoms with Crippen LogP contribution in [0.4, 0.5) is 0 Å². The second kappa shape index (κ2) is 6.25. The van der Waals surface area contributed by atoms with E-state index < -0.39 is 9.84 Å². The first-order valence-corrected chi connectivity index (χ1v) is 8.38. The lowest BCUT2D eigenvalue weighted by atomic mass is 10.1. The Morgan fingerprint density at radius 2 is 2.05 bits per heavy atom. The minimum atomic E-state index is -2.87. The third-order valence-electron chi connectivity index (χ3n) is 2.83. The SMILES string of the molecule is CS(=O)(=O)CCCNCc1cccc2c1OCCO2. The zero-order chi connectivity index (χ0) is 13.7. The quantitative estimate of drug-likeness (QED) is 0.789. The first kappa shape index (κ1) is 14.1. The van der Waals surface area contributed by atoms with Crippen molar-refractivity contribution in [3.8, 4) is 11.5 Å². The molecule has 106 valence electrons. The van der Waals surface area contributed by atoms with Crippen LogP contribution in [0.2, 0.25) is 0 Å². The zero-order valence-electron chi connectivity index (χ0n) is 11.0. The number of hydrogen-bond donors (Lipinski definition) is 1. The maximum Gasteiger partial charge on any atom is 0.165 e. The van der Waals surface area contributed by atoms with E-state index in [2.05, 4.69) is 5.32 Å². The number of benzene rings is 1. The van der Waals surface area contributed by atoms with Crippen molar-refractivity contribution in [2.24, 2.45) is 0 Å². The number of rotatable bonds is 6. The average molecular weight is 285 g/mol. The fourth-order valence-electron chi connectivity index (χ4n) is 1.96. The first-order chi connectivity index (χ1) is 9.06. The van der Waals surface area contributed by atoms with Crippen LogP contribution in [0.5, 0.6) is 11.5 Å². The van der Waals surface area contributed by atoms with Gasteiger partial charge in [0, 0.05) is 18.4 Å². The topological polar surface area (TPSA) is 64.6 Å². The van der Waals surface area contributed by atoms with Crippen molar-refractivity contribution < 1.29 is 17.9 Å². The molecule has 19 heavy (non-hydrogen) atoms. The van der Waals surface area contributed by atoms with Crippen LogP contribution in [0, 0.1) is 0 Å². The van der Waals surface area contributed by atoms with Gasteiger partial charge >= 0.3 is 0 Å². The standard InChI is InChI=1S/C13H19NO4S/c1-19(15,16)9-3-6-14-10-11-4-2-5-12-13(11)18-8-7-17-12/h2,4-5,14H,3,6-10H2,1H3. The number of para-hydroxylation sites is 1. The molecule has 0 amide bonds. The van der Waals surface area contributed by atoms with Crippen molar-refractivity contribution in [2.45, 2.75) is 13.0 Å². The van der Waals surface area contributed by atoms with Crippen LogP contribution in [0.1, 0.15) is 12.0 Å². The monoisotopic (exact) mass is 285 g/mol. The third kappa shape index (κ3) is 4.40. The predicted molar refractivity (Wildman–Crippen MR) is 73.5 cm³/mol. The summed E-state index contributed by atoms with van der Waals surface area (Å²) in [7, 11) is -2.87. The Bertz CT molecular complexity index is 527. The molecule has 2 rings (SSSR count). The van der Waals surface area contributed by atoms with Crippen LogP contribution in [-0.2, 0) is 16.4 Å². The Kier molecular flexibility index (Phi) is 4.66. The Balaban J connectivity index is 1.83. The number of ether oxygens (including phenoxy) is 2. The van der Waals surface area contributed by atoms with E-state index in [1.165, 1.54) is 6.26 Å². The van der Waals surface area contributed by atoms with E-state index in [4.69, 9.17) is 9.47 Å². The highest BCUT2D eigenvalue weighted by Gasteiger charge is 2.14. The summed E-state index contributed by atoms with van der Waals surface area (Å²) in [5, 5.41) is 3.22. The van der Waals surface area contributed by atoms with Gasteiger partial charge in [0.05, 0.1) is 5.75 Å². The second-order valence-corrected chi connectivity index (χ2v) is 6.86. The molecule has 5 nitrogen and oxygen atoms in total. The molecule has 1 N–H and O–H groups in total. The lowest BCUT2D eigenvalue weighted by Crippen LogP contribution is -2.21. The smallest absolute Gasteiger partial charge is 0.165 e. The van der Waals surface area contributed by atoms with Crippen LogP contribution in [0.25, 0.3) is 0 Å². The molecule has 6 heteroatoms. The summed E-state index contributed by atoms with van der Waals surface area (Å²) in [4.78, 5) is 0. The lowest BCUT2D eigenvalue weighted by molar-refractivity contribution is 0.169. The summed E-state index contributed by atoms with van der Waals surface area (Å²) in [6.07, 6.45) is 1.87. The fourth-order valence-corrected chi connectivity index (χ4v) is 2.62. The average Bonchev–Trinajstić information content (AvgIpc) is 2.37. The first-order valence-electron chi connectivity index (χ1n) is 6.32. The molecule has 1 aromatic carbocycles. The predicted octanol–water partition coefficient (Wildman–Crippen LogP) is 0.982. The van der Waals surface area contributed by atoms with E-state index in [-0.39, 0.29) is 5.75 Å². The summed E-state index contributed by atoms with van der Waals surface area (Å²) in [5.74, 6) is 1.79. The molecule has 0 aromatic heterocycles. The van der Waals surface area contributed by atoms with Crippen LogP contribution < -0.4 is 14.8 Å². The van der Waals surface area contributed by atoms with Gasteiger partial charge in [-0.3, -0.25) is 0 Å². The van der Waals surface area contributed by atoms with Crippen LogP contribution in [0.15, 0.2) is 18.2 Å². The highest BCUT2D eigenvalue weighted by Crippen LogP contribution is 2.33. The molecule has 0 unspecified atom stereocenters. The Labute approximate surface area is 113 Å². The molecular weight excluding hydrogens is 266 g/mol. The Hall–Kier alpha value is -1.27. The molecule has 0 atom stereocenters. The minimum absolute atomic E-state index is 0.215. The molecule has 0 aliphatic carbocycles. The fraction of sp³-hybridized carbons (Fsp3) is 0.538. The Morgan fingerprint density at radius 1 is 1.26 bits per heavy atom. The van der Waals surface area contributed by atoms with Gasteiger partial charge in [-0.1, -0.05) is 12.1 Å². The summed E-state index contributed by atoms with van der Waals surface area (Å²) < 4.78 is 33.1. The van der Waals surface area contributed by atoms with Gasteiger partial charge in [0.1, 0.15) is 23.1 Å². The van der Waals surface area contributed by atoms with Gasteiger partial charge in [-0.05, 0) is 19.0 Å². The van der Waals surface area contributed by atoms with Gasteiger partial charge in [0.2, 0.25) is 0 Å². The van der Waals surface area contributed by atoms with E-state index in [9.17, 15) is 8.42 Å². The van der Waals surface area contributed by atoms with Crippen molar-refractivity contribution in [1.29, 1.82) is 0 Å². The van der Waals surface area contributed by atoms with E-state index in [1.54, 1.807) is 0 Å². The molecule has 0 spiro atoms. The molecular formula is C13H19NO4S. The van der Waals surface area contributed by atoms with Crippen LogP contribution >= 0.6 is 0 Å². The zero-order valence-corrected chi connectivity index (χ0v) is 11.8. The summed E-state index contributed by atoms with van der Waals surface area (Å²) in [5.41, 5.74) is 1.04. The van der Waals surface area contributed by atoms with Gasteiger partial charge in [-0.25, -0.2) is 8.42 Å². The lowest BCUT2D eigenvalue weighted by Gasteiger charge is -2.21. The summed E-state index contributed by atoms with van der Waals surface area (Å²) in [6.45, 7) is 2.46. The van der Waals surface area contributed by atoms with Gasteiger partial charge in [-0.2, -0.15) is 0 Å². The second-order valence-electron chi connectivity index (χ2n) is 4.60.